The maximum absolute atomic E-state index is 11.8. The number of carboxylic acid groups (broad SMARTS) is 1. The van der Waals surface area contributed by atoms with Gasteiger partial charge in [-0.05, 0) is 0 Å². The Balaban J connectivity index is 4.50. The van der Waals surface area contributed by atoms with Crippen LogP contribution in [0, 0.1) is 0 Å². The molecular weight excluding hydrogens is 151 g/mol. The monoisotopic (exact) mass is 155 g/mol. The molecule has 6 heteroatoms. The van der Waals surface area contributed by atoms with Crippen LogP contribution in [0.1, 0.15) is 0 Å². The molecule has 0 unspecified atom stereocenters. The second-order valence-corrected chi connectivity index (χ2v) is 1.37. The SMILES string of the molecule is N/C(C(=O)O)=C(/F)C(F)F. The fourth-order valence-electron chi connectivity index (χ4n) is 0.220. The van der Waals surface area contributed by atoms with Crippen LogP contribution in [-0.4, -0.2) is 17.5 Å². The summed E-state index contributed by atoms with van der Waals surface area (Å²) in [7, 11) is 0. The van der Waals surface area contributed by atoms with E-state index in [1.165, 1.54) is 0 Å². The molecule has 0 fully saturated rings. The molecule has 3 N–H and O–H groups in total. The van der Waals surface area contributed by atoms with Gasteiger partial charge in [0.25, 0.3) is 6.43 Å². The van der Waals surface area contributed by atoms with Gasteiger partial charge in [-0.2, -0.15) is 0 Å². The quantitative estimate of drug-likeness (QED) is 0.570. The van der Waals surface area contributed by atoms with Crippen LogP contribution < -0.4 is 5.73 Å². The molecule has 58 valence electrons. The summed E-state index contributed by atoms with van der Waals surface area (Å²) in [6.45, 7) is 0. The van der Waals surface area contributed by atoms with E-state index in [1.54, 1.807) is 0 Å². The molecule has 0 atom stereocenters. The fourth-order valence-corrected chi connectivity index (χ4v) is 0.220. The van der Waals surface area contributed by atoms with Crippen LogP contribution in [0.3, 0.4) is 0 Å². The zero-order valence-electron chi connectivity index (χ0n) is 4.64. The van der Waals surface area contributed by atoms with Crippen molar-refractivity contribution in [2.24, 2.45) is 5.73 Å². The summed E-state index contributed by atoms with van der Waals surface area (Å²) in [6, 6.07) is 0. The second-order valence-electron chi connectivity index (χ2n) is 1.37. The zero-order chi connectivity index (χ0) is 8.31. The number of alkyl halides is 2. The first-order valence-corrected chi connectivity index (χ1v) is 2.13. The summed E-state index contributed by atoms with van der Waals surface area (Å²) >= 11 is 0. The van der Waals surface area contributed by atoms with Crippen LogP contribution in [0.5, 0.6) is 0 Å². The molecule has 0 aromatic rings. The standard InChI is InChI=1S/C4H4F3NO2/c5-1(3(6)7)2(8)4(9)10/h3H,8H2,(H,9,10)/b2-1+. The van der Waals surface area contributed by atoms with Gasteiger partial charge in [-0.25, -0.2) is 18.0 Å². The van der Waals surface area contributed by atoms with Gasteiger partial charge in [-0.1, -0.05) is 0 Å². The summed E-state index contributed by atoms with van der Waals surface area (Å²) < 4.78 is 34.3. The van der Waals surface area contributed by atoms with Crippen LogP contribution in [-0.2, 0) is 4.79 Å². The minimum absolute atomic E-state index is 1.45. The Bertz CT molecular complexity index is 177. The number of hydrogen-bond acceptors (Lipinski definition) is 2. The molecule has 0 radical (unpaired) electrons. The first kappa shape index (κ1) is 8.80. The van der Waals surface area contributed by atoms with Gasteiger partial charge in [-0.3, -0.25) is 0 Å². The number of aliphatic carboxylic acids is 1. The molecule has 0 aromatic heterocycles. The van der Waals surface area contributed by atoms with E-state index in [0.717, 1.165) is 0 Å². The average Bonchev–Trinajstić information content (AvgIpc) is 1.84. The molecule has 0 aromatic carbocycles. The van der Waals surface area contributed by atoms with Gasteiger partial charge < -0.3 is 10.8 Å². The van der Waals surface area contributed by atoms with E-state index in [9.17, 15) is 18.0 Å². The predicted molar refractivity (Wildman–Crippen MR) is 26.0 cm³/mol. The molecule has 0 aliphatic heterocycles. The van der Waals surface area contributed by atoms with Gasteiger partial charge in [0.2, 0.25) is 0 Å². The molecule has 0 saturated carbocycles. The summed E-state index contributed by atoms with van der Waals surface area (Å²) in [4.78, 5) is 9.69. The van der Waals surface area contributed by atoms with Crippen LogP contribution in [0.2, 0.25) is 0 Å². The van der Waals surface area contributed by atoms with Crippen molar-refractivity contribution in [1.82, 2.24) is 0 Å². The summed E-state index contributed by atoms with van der Waals surface area (Å²) in [6.07, 6.45) is -3.46. The fraction of sp³-hybridized carbons (Fsp3) is 0.250. The summed E-state index contributed by atoms with van der Waals surface area (Å²) in [5.74, 6) is -4.00. The lowest BCUT2D eigenvalue weighted by atomic mass is 10.4. The van der Waals surface area contributed by atoms with E-state index in [0.29, 0.717) is 0 Å². The van der Waals surface area contributed by atoms with Crippen LogP contribution in [0.25, 0.3) is 0 Å². The first-order valence-electron chi connectivity index (χ1n) is 2.13. The van der Waals surface area contributed by atoms with Crippen molar-refractivity contribution in [1.29, 1.82) is 0 Å². The Labute approximate surface area is 53.9 Å². The third kappa shape index (κ3) is 1.96. The number of rotatable bonds is 2. The maximum atomic E-state index is 11.8. The highest BCUT2D eigenvalue weighted by molar-refractivity contribution is 5.86. The van der Waals surface area contributed by atoms with Crippen LogP contribution in [0.4, 0.5) is 13.2 Å². The van der Waals surface area contributed by atoms with E-state index in [4.69, 9.17) is 5.11 Å². The van der Waals surface area contributed by atoms with Gasteiger partial charge >= 0.3 is 5.97 Å². The molecule has 0 heterocycles. The molecule has 0 spiro atoms. The van der Waals surface area contributed by atoms with Crippen molar-refractivity contribution in [2.45, 2.75) is 6.43 Å². The van der Waals surface area contributed by atoms with Crippen LogP contribution in [0.15, 0.2) is 11.5 Å². The molecule has 10 heavy (non-hydrogen) atoms. The molecule has 0 aliphatic carbocycles. The number of nitrogens with two attached hydrogens (primary N) is 1. The molecule has 0 aliphatic rings. The number of carboxylic acids is 1. The van der Waals surface area contributed by atoms with Gasteiger partial charge in [0.15, 0.2) is 11.5 Å². The molecule has 0 rings (SSSR count). The van der Waals surface area contributed by atoms with Crippen molar-refractivity contribution < 1.29 is 23.1 Å². The topological polar surface area (TPSA) is 63.3 Å². The highest BCUT2D eigenvalue weighted by Gasteiger charge is 2.18. The highest BCUT2D eigenvalue weighted by atomic mass is 19.3. The predicted octanol–water partition coefficient (Wildman–Crippen LogP) is 0.476. The number of halogens is 3. The molecule has 0 bridgehead atoms. The normalized spacial score (nSPS) is 13.2. The van der Waals surface area contributed by atoms with Gasteiger partial charge in [0, 0.05) is 0 Å². The van der Waals surface area contributed by atoms with E-state index >= 15 is 0 Å². The number of hydrogen-bond donors (Lipinski definition) is 2. The largest absolute Gasteiger partial charge is 0.477 e. The number of carbonyl (C=O) groups is 1. The molecule has 3 nitrogen and oxygen atoms in total. The van der Waals surface area contributed by atoms with Gasteiger partial charge in [0.1, 0.15) is 0 Å². The van der Waals surface area contributed by atoms with Crippen molar-refractivity contribution in [2.75, 3.05) is 0 Å². The minimum atomic E-state index is -3.46. The lowest BCUT2D eigenvalue weighted by Crippen LogP contribution is -2.14. The Morgan fingerprint density at radius 1 is 1.50 bits per heavy atom. The van der Waals surface area contributed by atoms with Crippen LogP contribution >= 0.6 is 0 Å². The van der Waals surface area contributed by atoms with Crippen molar-refractivity contribution in [3.63, 3.8) is 0 Å². The van der Waals surface area contributed by atoms with Crippen molar-refractivity contribution >= 4 is 5.97 Å². The minimum Gasteiger partial charge on any atom is -0.477 e. The Morgan fingerprint density at radius 2 is 1.90 bits per heavy atom. The van der Waals surface area contributed by atoms with E-state index < -0.39 is 23.9 Å². The highest BCUT2D eigenvalue weighted by Crippen LogP contribution is 2.11. The maximum Gasteiger partial charge on any atom is 0.354 e. The summed E-state index contributed by atoms with van der Waals surface area (Å²) in [5, 5.41) is 7.85. The second kappa shape index (κ2) is 3.09. The lowest BCUT2D eigenvalue weighted by Gasteiger charge is -1.96. The molecular formula is C4H4F3NO2. The van der Waals surface area contributed by atoms with E-state index in [1.807, 2.05) is 0 Å². The Morgan fingerprint density at radius 3 is 2.00 bits per heavy atom. The van der Waals surface area contributed by atoms with Crippen molar-refractivity contribution in [3.05, 3.63) is 11.5 Å². The van der Waals surface area contributed by atoms with E-state index in [2.05, 4.69) is 5.73 Å². The van der Waals surface area contributed by atoms with Gasteiger partial charge in [0.05, 0.1) is 0 Å². The smallest absolute Gasteiger partial charge is 0.354 e. The summed E-state index contributed by atoms with van der Waals surface area (Å²) in [5.41, 5.74) is 2.94. The number of allylic oxidation sites excluding steroid dienone is 1. The lowest BCUT2D eigenvalue weighted by molar-refractivity contribution is -0.133. The zero-order valence-corrected chi connectivity index (χ0v) is 4.64. The third-order valence-electron chi connectivity index (χ3n) is 0.679. The van der Waals surface area contributed by atoms with Crippen molar-refractivity contribution in [3.8, 4) is 0 Å². The first-order chi connectivity index (χ1) is 4.46. The Kier molecular flexibility index (Phi) is 2.72. The average molecular weight is 155 g/mol. The van der Waals surface area contributed by atoms with E-state index in [-0.39, 0.29) is 0 Å². The molecule has 0 amide bonds. The Hall–Kier alpha value is -1.20. The molecule has 0 saturated heterocycles. The van der Waals surface area contributed by atoms with Gasteiger partial charge in [-0.15, -0.1) is 0 Å². The third-order valence-corrected chi connectivity index (χ3v) is 0.679.